The largest absolute Gasteiger partial charge is 0.340 e. The predicted octanol–water partition coefficient (Wildman–Crippen LogP) is 5.59. The van der Waals surface area contributed by atoms with E-state index >= 15 is 0 Å². The molecule has 0 heterocycles. The predicted molar refractivity (Wildman–Crippen MR) is 96.1 cm³/mol. The molecule has 0 aromatic rings. The third kappa shape index (κ3) is 14.8. The molecule has 0 aliphatic heterocycles. The van der Waals surface area contributed by atoms with Gasteiger partial charge in [0.2, 0.25) is 6.41 Å². The minimum atomic E-state index is -0.175. The summed E-state index contributed by atoms with van der Waals surface area (Å²) in [4.78, 5) is 2.02. The van der Waals surface area contributed by atoms with Gasteiger partial charge in [-0.2, -0.15) is 0 Å². The smallest absolute Gasteiger partial charge is 0.218 e. The normalized spacial score (nSPS) is 11.7. The molecule has 0 bridgehead atoms. The number of rotatable bonds is 17. The molecule has 0 aromatic heterocycles. The molecule has 0 aliphatic carbocycles. The first-order valence-electron chi connectivity index (χ1n) is 9.62. The molecule has 0 N–H and O–H groups in total. The molecular weight excluding hydrogens is 274 g/mol. The summed E-state index contributed by atoms with van der Waals surface area (Å²) < 4.78 is 11.7. The SMILES string of the molecule is CCCCCCCCOC(OCCCCCCCC)N(C)C. The van der Waals surface area contributed by atoms with Crippen molar-refractivity contribution in [3.8, 4) is 0 Å². The van der Waals surface area contributed by atoms with E-state index in [1.54, 1.807) is 0 Å². The molecule has 0 atom stereocenters. The zero-order valence-electron chi connectivity index (χ0n) is 15.7. The van der Waals surface area contributed by atoms with Crippen LogP contribution in [0.1, 0.15) is 90.9 Å². The van der Waals surface area contributed by atoms with Crippen LogP contribution in [0.15, 0.2) is 0 Å². The van der Waals surface area contributed by atoms with Crippen molar-refractivity contribution in [3.05, 3.63) is 0 Å². The van der Waals surface area contributed by atoms with E-state index in [0.717, 1.165) is 26.1 Å². The van der Waals surface area contributed by atoms with Crippen LogP contribution in [0.4, 0.5) is 0 Å². The molecule has 3 nitrogen and oxygen atoms in total. The minimum Gasteiger partial charge on any atom is -0.340 e. The minimum absolute atomic E-state index is 0.175. The second-order valence-corrected chi connectivity index (χ2v) is 6.55. The fourth-order valence-corrected chi connectivity index (χ4v) is 2.48. The van der Waals surface area contributed by atoms with E-state index in [4.69, 9.17) is 9.47 Å². The maximum atomic E-state index is 5.86. The second kappa shape index (κ2) is 17.2. The summed E-state index contributed by atoms with van der Waals surface area (Å²) in [6.07, 6.45) is 15.4. The molecule has 0 spiro atoms. The monoisotopic (exact) mass is 315 g/mol. The van der Waals surface area contributed by atoms with Crippen LogP contribution in [0.25, 0.3) is 0 Å². The van der Waals surface area contributed by atoms with Crippen molar-refractivity contribution in [2.45, 2.75) is 97.3 Å². The summed E-state index contributed by atoms with van der Waals surface area (Å²) in [6.45, 7) is 6.13. The lowest BCUT2D eigenvalue weighted by atomic mass is 10.1. The molecule has 0 amide bonds. The van der Waals surface area contributed by atoms with Gasteiger partial charge in [-0.1, -0.05) is 78.1 Å². The van der Waals surface area contributed by atoms with E-state index in [1.807, 2.05) is 19.0 Å². The van der Waals surface area contributed by atoms with E-state index in [2.05, 4.69) is 13.8 Å². The number of hydrogen-bond acceptors (Lipinski definition) is 3. The van der Waals surface area contributed by atoms with Crippen LogP contribution in [0, 0.1) is 0 Å². The highest BCUT2D eigenvalue weighted by molar-refractivity contribution is 4.47. The molecule has 0 aliphatic rings. The van der Waals surface area contributed by atoms with Gasteiger partial charge < -0.3 is 9.47 Å². The van der Waals surface area contributed by atoms with Gasteiger partial charge in [0.1, 0.15) is 0 Å². The maximum Gasteiger partial charge on any atom is 0.218 e. The number of nitrogens with zero attached hydrogens (tertiary/aromatic N) is 1. The molecule has 0 radical (unpaired) electrons. The molecule has 0 aromatic carbocycles. The number of hydrogen-bond donors (Lipinski definition) is 0. The standard InChI is InChI=1S/C19H41NO2/c1-5-7-9-11-13-15-17-21-19(20(3)4)22-18-16-14-12-10-8-6-2/h19H,5-18H2,1-4H3. The highest BCUT2D eigenvalue weighted by atomic mass is 16.7. The number of unbranched alkanes of at least 4 members (excludes halogenated alkanes) is 10. The number of ether oxygens (including phenoxy) is 2. The molecule has 134 valence electrons. The second-order valence-electron chi connectivity index (χ2n) is 6.55. The molecule has 0 saturated heterocycles. The quantitative estimate of drug-likeness (QED) is 0.258. The average molecular weight is 316 g/mol. The van der Waals surface area contributed by atoms with Crippen LogP contribution < -0.4 is 0 Å². The Morgan fingerprint density at radius 1 is 0.591 bits per heavy atom. The van der Waals surface area contributed by atoms with Crippen molar-refractivity contribution < 1.29 is 9.47 Å². The van der Waals surface area contributed by atoms with Gasteiger partial charge in [-0.25, -0.2) is 0 Å². The molecule has 0 unspecified atom stereocenters. The van der Waals surface area contributed by atoms with Gasteiger partial charge in [0, 0.05) is 0 Å². The first-order valence-corrected chi connectivity index (χ1v) is 9.62. The van der Waals surface area contributed by atoms with E-state index in [0.29, 0.717) is 0 Å². The topological polar surface area (TPSA) is 21.7 Å². The van der Waals surface area contributed by atoms with E-state index in [-0.39, 0.29) is 6.41 Å². The summed E-state index contributed by atoms with van der Waals surface area (Å²) in [5, 5.41) is 0. The lowest BCUT2D eigenvalue weighted by Gasteiger charge is -2.24. The Hall–Kier alpha value is -0.120. The highest BCUT2D eigenvalue weighted by Gasteiger charge is 2.11. The van der Waals surface area contributed by atoms with Crippen molar-refractivity contribution in [1.82, 2.24) is 4.90 Å². The summed E-state index contributed by atoms with van der Waals surface area (Å²) in [5.41, 5.74) is 0. The van der Waals surface area contributed by atoms with Crippen LogP contribution in [0.5, 0.6) is 0 Å². The van der Waals surface area contributed by atoms with Crippen LogP contribution in [0.3, 0.4) is 0 Å². The Morgan fingerprint density at radius 2 is 0.955 bits per heavy atom. The van der Waals surface area contributed by atoms with Gasteiger partial charge in [0.25, 0.3) is 0 Å². The Balaban J connectivity index is 3.49. The lowest BCUT2D eigenvalue weighted by Crippen LogP contribution is -2.34. The van der Waals surface area contributed by atoms with Crippen molar-refractivity contribution in [2.75, 3.05) is 27.3 Å². The Kier molecular flexibility index (Phi) is 17.1. The summed E-state index contributed by atoms with van der Waals surface area (Å²) >= 11 is 0. The van der Waals surface area contributed by atoms with E-state index < -0.39 is 0 Å². The first kappa shape index (κ1) is 21.9. The third-order valence-electron chi connectivity index (χ3n) is 3.94. The Labute approximate surface area is 139 Å². The summed E-state index contributed by atoms with van der Waals surface area (Å²) in [7, 11) is 4.04. The molecule has 0 fully saturated rings. The van der Waals surface area contributed by atoms with Gasteiger partial charge >= 0.3 is 0 Å². The van der Waals surface area contributed by atoms with Gasteiger partial charge in [0.05, 0.1) is 13.2 Å². The highest BCUT2D eigenvalue weighted by Crippen LogP contribution is 2.09. The van der Waals surface area contributed by atoms with E-state index in [1.165, 1.54) is 64.2 Å². The molecular formula is C19H41NO2. The van der Waals surface area contributed by atoms with E-state index in [9.17, 15) is 0 Å². The Bertz CT molecular complexity index is 192. The van der Waals surface area contributed by atoms with Crippen LogP contribution in [0.2, 0.25) is 0 Å². The zero-order chi connectivity index (χ0) is 16.5. The molecule has 3 heteroatoms. The van der Waals surface area contributed by atoms with Crippen molar-refractivity contribution in [2.24, 2.45) is 0 Å². The third-order valence-corrected chi connectivity index (χ3v) is 3.94. The summed E-state index contributed by atoms with van der Waals surface area (Å²) in [6, 6.07) is 0. The van der Waals surface area contributed by atoms with Crippen molar-refractivity contribution in [1.29, 1.82) is 0 Å². The van der Waals surface area contributed by atoms with Gasteiger partial charge in [0.15, 0.2) is 0 Å². The van der Waals surface area contributed by atoms with Crippen LogP contribution in [-0.2, 0) is 9.47 Å². The molecule has 22 heavy (non-hydrogen) atoms. The Morgan fingerprint density at radius 3 is 1.32 bits per heavy atom. The zero-order valence-corrected chi connectivity index (χ0v) is 15.7. The summed E-state index contributed by atoms with van der Waals surface area (Å²) in [5.74, 6) is 0. The van der Waals surface area contributed by atoms with Gasteiger partial charge in [-0.3, -0.25) is 4.90 Å². The first-order chi connectivity index (χ1) is 10.7. The van der Waals surface area contributed by atoms with Crippen molar-refractivity contribution in [3.63, 3.8) is 0 Å². The van der Waals surface area contributed by atoms with Crippen molar-refractivity contribution >= 4 is 0 Å². The van der Waals surface area contributed by atoms with Gasteiger partial charge in [-0.05, 0) is 26.9 Å². The lowest BCUT2D eigenvalue weighted by molar-refractivity contribution is -0.212. The van der Waals surface area contributed by atoms with Gasteiger partial charge in [-0.15, -0.1) is 0 Å². The van der Waals surface area contributed by atoms with Crippen LogP contribution >= 0.6 is 0 Å². The maximum absolute atomic E-state index is 5.86. The fourth-order valence-electron chi connectivity index (χ4n) is 2.48. The fraction of sp³-hybridized carbons (Fsp3) is 1.00. The van der Waals surface area contributed by atoms with Crippen LogP contribution in [-0.4, -0.2) is 38.6 Å². The average Bonchev–Trinajstić information content (AvgIpc) is 2.50. The molecule has 0 saturated carbocycles. The molecule has 0 rings (SSSR count).